The molecule has 2 aromatic carbocycles. The highest BCUT2D eigenvalue weighted by Crippen LogP contribution is 2.26. The number of rotatable bonds is 3. The number of nitrogens with one attached hydrogen (secondary N) is 2. The number of H-pyrrole nitrogens is 1. The van der Waals surface area contributed by atoms with Gasteiger partial charge in [-0.1, -0.05) is 12.1 Å². The van der Waals surface area contributed by atoms with Crippen LogP contribution in [0.15, 0.2) is 48.5 Å². The van der Waals surface area contributed by atoms with Crippen molar-refractivity contribution in [2.45, 2.75) is 6.92 Å². The second kappa shape index (κ2) is 5.20. The van der Waals surface area contributed by atoms with Crippen LogP contribution in [0.2, 0.25) is 0 Å². The summed E-state index contributed by atoms with van der Waals surface area (Å²) in [6, 6.07) is 13.9. The molecule has 3 rings (SSSR count). The quantitative estimate of drug-likeness (QED) is 0.553. The number of aromatic amines is 1. The smallest absolute Gasteiger partial charge is 0.152 e. The molecule has 0 radical (unpaired) electrons. The standard InChI is InChI=1S/C16H15N3O2/c1-10-7-13(21)5-6-14(10)17-16-9-15(18-19-16)11-3-2-4-12(20)8-11/h2-9,20-21H,1H3,(H2,17,18,19). The van der Waals surface area contributed by atoms with Crippen LogP contribution >= 0.6 is 0 Å². The van der Waals surface area contributed by atoms with E-state index in [1.165, 1.54) is 0 Å². The maximum Gasteiger partial charge on any atom is 0.152 e. The van der Waals surface area contributed by atoms with Gasteiger partial charge in [-0.15, -0.1) is 0 Å². The maximum atomic E-state index is 9.51. The lowest BCUT2D eigenvalue weighted by Gasteiger charge is -2.06. The van der Waals surface area contributed by atoms with Crippen molar-refractivity contribution < 1.29 is 10.2 Å². The van der Waals surface area contributed by atoms with Gasteiger partial charge in [0, 0.05) is 17.3 Å². The van der Waals surface area contributed by atoms with Crippen LogP contribution < -0.4 is 5.32 Å². The zero-order valence-corrected chi connectivity index (χ0v) is 11.5. The maximum absolute atomic E-state index is 9.51. The number of aryl methyl sites for hydroxylation is 1. The Morgan fingerprint density at radius 2 is 1.81 bits per heavy atom. The van der Waals surface area contributed by atoms with E-state index in [1.54, 1.807) is 36.4 Å². The Labute approximate surface area is 121 Å². The van der Waals surface area contributed by atoms with E-state index < -0.39 is 0 Å². The minimum Gasteiger partial charge on any atom is -0.508 e. The number of hydrogen-bond acceptors (Lipinski definition) is 4. The monoisotopic (exact) mass is 281 g/mol. The molecule has 0 atom stereocenters. The molecule has 0 bridgehead atoms. The molecule has 0 amide bonds. The van der Waals surface area contributed by atoms with E-state index in [0.717, 1.165) is 22.5 Å². The molecule has 0 spiro atoms. The molecule has 0 saturated carbocycles. The highest BCUT2D eigenvalue weighted by atomic mass is 16.3. The molecule has 0 aliphatic carbocycles. The highest BCUT2D eigenvalue weighted by Gasteiger charge is 2.06. The van der Waals surface area contributed by atoms with Crippen molar-refractivity contribution in [1.82, 2.24) is 10.2 Å². The van der Waals surface area contributed by atoms with E-state index in [2.05, 4.69) is 15.5 Å². The molecule has 0 aliphatic rings. The largest absolute Gasteiger partial charge is 0.508 e. The third-order valence-corrected chi connectivity index (χ3v) is 3.21. The van der Waals surface area contributed by atoms with E-state index in [0.29, 0.717) is 5.82 Å². The third-order valence-electron chi connectivity index (χ3n) is 3.21. The Bertz CT molecular complexity index is 781. The van der Waals surface area contributed by atoms with Crippen LogP contribution in [0.4, 0.5) is 11.5 Å². The SMILES string of the molecule is Cc1cc(O)ccc1Nc1cc(-c2cccc(O)c2)[nH]n1. The fourth-order valence-corrected chi connectivity index (χ4v) is 2.13. The Kier molecular flexibility index (Phi) is 3.23. The van der Waals surface area contributed by atoms with Gasteiger partial charge in [-0.3, -0.25) is 5.10 Å². The van der Waals surface area contributed by atoms with Gasteiger partial charge in [0.15, 0.2) is 5.82 Å². The minimum atomic E-state index is 0.214. The van der Waals surface area contributed by atoms with E-state index in [-0.39, 0.29) is 11.5 Å². The number of benzene rings is 2. The summed E-state index contributed by atoms with van der Waals surface area (Å²) in [6.07, 6.45) is 0. The van der Waals surface area contributed by atoms with Gasteiger partial charge < -0.3 is 15.5 Å². The summed E-state index contributed by atoms with van der Waals surface area (Å²) in [6.45, 7) is 1.91. The average Bonchev–Trinajstić information content (AvgIpc) is 2.91. The molecule has 0 aliphatic heterocycles. The Balaban J connectivity index is 1.85. The number of hydrogen-bond donors (Lipinski definition) is 4. The van der Waals surface area contributed by atoms with E-state index in [1.807, 2.05) is 19.1 Å². The second-order valence-corrected chi connectivity index (χ2v) is 4.84. The highest BCUT2D eigenvalue weighted by molar-refractivity contribution is 5.68. The lowest BCUT2D eigenvalue weighted by atomic mass is 10.1. The summed E-state index contributed by atoms with van der Waals surface area (Å²) < 4.78 is 0. The molecule has 0 fully saturated rings. The Hall–Kier alpha value is -2.95. The van der Waals surface area contributed by atoms with E-state index in [9.17, 15) is 10.2 Å². The zero-order valence-electron chi connectivity index (χ0n) is 11.5. The molecular weight excluding hydrogens is 266 g/mol. The predicted molar refractivity (Wildman–Crippen MR) is 81.8 cm³/mol. The Morgan fingerprint density at radius 3 is 2.57 bits per heavy atom. The molecule has 106 valence electrons. The molecule has 21 heavy (non-hydrogen) atoms. The molecular formula is C16H15N3O2. The molecule has 0 saturated heterocycles. The molecule has 1 aromatic heterocycles. The normalized spacial score (nSPS) is 10.5. The first-order valence-electron chi connectivity index (χ1n) is 6.53. The summed E-state index contributed by atoms with van der Waals surface area (Å²) in [5.74, 6) is 1.12. The van der Waals surface area contributed by atoms with Crippen molar-refractivity contribution in [3.63, 3.8) is 0 Å². The van der Waals surface area contributed by atoms with E-state index in [4.69, 9.17) is 0 Å². The topological polar surface area (TPSA) is 81.2 Å². The summed E-state index contributed by atoms with van der Waals surface area (Å²) in [5.41, 5.74) is 3.47. The predicted octanol–water partition coefficient (Wildman–Crippen LogP) is 3.54. The summed E-state index contributed by atoms with van der Waals surface area (Å²) in [4.78, 5) is 0. The fraction of sp³-hybridized carbons (Fsp3) is 0.0625. The first-order chi connectivity index (χ1) is 10.1. The molecule has 5 nitrogen and oxygen atoms in total. The van der Waals surface area contributed by atoms with Gasteiger partial charge in [0.05, 0.1) is 5.69 Å². The van der Waals surface area contributed by atoms with Gasteiger partial charge in [-0.2, -0.15) is 5.10 Å². The molecule has 3 aromatic rings. The lowest BCUT2D eigenvalue weighted by molar-refractivity contribution is 0.474. The van der Waals surface area contributed by atoms with Crippen molar-refractivity contribution in [3.8, 4) is 22.8 Å². The minimum absolute atomic E-state index is 0.214. The number of phenols is 2. The van der Waals surface area contributed by atoms with Crippen LogP contribution in [0.1, 0.15) is 5.56 Å². The van der Waals surface area contributed by atoms with Gasteiger partial charge >= 0.3 is 0 Å². The zero-order chi connectivity index (χ0) is 14.8. The number of aromatic hydroxyl groups is 2. The van der Waals surface area contributed by atoms with Gasteiger partial charge in [0.2, 0.25) is 0 Å². The van der Waals surface area contributed by atoms with E-state index >= 15 is 0 Å². The number of aromatic nitrogens is 2. The molecule has 1 heterocycles. The number of anilines is 2. The van der Waals surface area contributed by atoms with Crippen molar-refractivity contribution in [2.75, 3.05) is 5.32 Å². The third kappa shape index (κ3) is 2.81. The van der Waals surface area contributed by atoms with Gasteiger partial charge in [-0.25, -0.2) is 0 Å². The van der Waals surface area contributed by atoms with Crippen molar-refractivity contribution in [3.05, 3.63) is 54.1 Å². The van der Waals surface area contributed by atoms with Crippen LogP contribution in [0.5, 0.6) is 11.5 Å². The van der Waals surface area contributed by atoms with Gasteiger partial charge in [0.1, 0.15) is 11.5 Å². The van der Waals surface area contributed by atoms with Crippen LogP contribution in [0.25, 0.3) is 11.3 Å². The van der Waals surface area contributed by atoms with Crippen molar-refractivity contribution >= 4 is 11.5 Å². The molecule has 4 N–H and O–H groups in total. The summed E-state index contributed by atoms with van der Waals surface area (Å²) in [7, 11) is 0. The first-order valence-corrected chi connectivity index (χ1v) is 6.53. The number of nitrogens with zero attached hydrogens (tertiary/aromatic N) is 1. The van der Waals surface area contributed by atoms with Crippen LogP contribution in [0, 0.1) is 6.92 Å². The second-order valence-electron chi connectivity index (χ2n) is 4.84. The van der Waals surface area contributed by atoms with Crippen molar-refractivity contribution in [2.24, 2.45) is 0 Å². The summed E-state index contributed by atoms with van der Waals surface area (Å²) in [5, 5.41) is 29.2. The van der Waals surface area contributed by atoms with Crippen LogP contribution in [-0.2, 0) is 0 Å². The van der Waals surface area contributed by atoms with Gasteiger partial charge in [-0.05, 0) is 42.8 Å². The van der Waals surface area contributed by atoms with Crippen molar-refractivity contribution in [1.29, 1.82) is 0 Å². The lowest BCUT2D eigenvalue weighted by Crippen LogP contribution is -1.92. The van der Waals surface area contributed by atoms with Crippen LogP contribution in [0.3, 0.4) is 0 Å². The fourth-order valence-electron chi connectivity index (χ4n) is 2.13. The van der Waals surface area contributed by atoms with Gasteiger partial charge in [0.25, 0.3) is 0 Å². The Morgan fingerprint density at radius 1 is 1.00 bits per heavy atom. The summed E-state index contributed by atoms with van der Waals surface area (Å²) >= 11 is 0. The first kappa shape index (κ1) is 13.1. The van der Waals surface area contributed by atoms with Crippen LogP contribution in [-0.4, -0.2) is 20.4 Å². The molecule has 0 unspecified atom stereocenters. The number of phenolic OH excluding ortho intramolecular Hbond substituents is 2. The average molecular weight is 281 g/mol. The molecule has 5 heteroatoms.